The standard InChI is InChI=1S/C9H7F3O3/c10-9(11,12)8(15,7(13)14)6-4-2-1-3-5-6/h1-5,15H,(H,13,14). The Kier molecular flexibility index (Phi) is 2.72. The van der Waals surface area contributed by atoms with Gasteiger partial charge < -0.3 is 10.2 Å². The number of hydrogen-bond donors (Lipinski definition) is 2. The highest BCUT2D eigenvalue weighted by atomic mass is 19.4. The van der Waals surface area contributed by atoms with Crippen molar-refractivity contribution in [2.75, 3.05) is 0 Å². The SMILES string of the molecule is O=C(O)C(O)(c1ccccc1)C(F)(F)F. The number of carboxylic acids is 1. The highest BCUT2D eigenvalue weighted by molar-refractivity contribution is 5.80. The van der Waals surface area contributed by atoms with E-state index < -0.39 is 23.3 Å². The number of aliphatic hydroxyl groups is 1. The molecule has 2 N–H and O–H groups in total. The van der Waals surface area contributed by atoms with E-state index in [9.17, 15) is 23.1 Å². The Labute approximate surface area is 82.8 Å². The second-order valence-corrected chi connectivity index (χ2v) is 2.88. The van der Waals surface area contributed by atoms with Crippen molar-refractivity contribution in [3.63, 3.8) is 0 Å². The fourth-order valence-electron chi connectivity index (χ4n) is 1.09. The van der Waals surface area contributed by atoms with Gasteiger partial charge in [0.25, 0.3) is 5.60 Å². The van der Waals surface area contributed by atoms with Crippen LogP contribution in [-0.4, -0.2) is 22.4 Å². The predicted molar refractivity (Wildman–Crippen MR) is 44.0 cm³/mol. The monoisotopic (exact) mass is 220 g/mol. The minimum atomic E-state index is -5.26. The Balaban J connectivity index is 3.32. The summed E-state index contributed by atoms with van der Waals surface area (Å²) >= 11 is 0. The number of benzene rings is 1. The second-order valence-electron chi connectivity index (χ2n) is 2.88. The highest BCUT2D eigenvalue weighted by Crippen LogP contribution is 2.38. The van der Waals surface area contributed by atoms with Crippen LogP contribution in [0.4, 0.5) is 13.2 Å². The first-order valence-corrected chi connectivity index (χ1v) is 3.88. The van der Waals surface area contributed by atoms with Gasteiger partial charge in [0.05, 0.1) is 0 Å². The number of aliphatic carboxylic acids is 1. The zero-order chi connectivity index (χ0) is 11.7. The van der Waals surface area contributed by atoms with Gasteiger partial charge in [-0.2, -0.15) is 13.2 Å². The lowest BCUT2D eigenvalue weighted by atomic mass is 9.93. The minimum absolute atomic E-state index is 0.718. The van der Waals surface area contributed by atoms with Gasteiger partial charge in [-0.05, 0) is 0 Å². The van der Waals surface area contributed by atoms with Crippen LogP contribution in [0.1, 0.15) is 5.56 Å². The summed E-state index contributed by atoms with van der Waals surface area (Å²) in [5.74, 6) is -2.35. The average Bonchev–Trinajstić information content (AvgIpc) is 2.16. The molecule has 0 aliphatic heterocycles. The molecule has 0 spiro atoms. The van der Waals surface area contributed by atoms with E-state index >= 15 is 0 Å². The van der Waals surface area contributed by atoms with Crippen molar-refractivity contribution in [1.29, 1.82) is 0 Å². The fraction of sp³-hybridized carbons (Fsp3) is 0.222. The van der Waals surface area contributed by atoms with Crippen molar-refractivity contribution >= 4 is 5.97 Å². The zero-order valence-corrected chi connectivity index (χ0v) is 7.32. The third-order valence-corrected chi connectivity index (χ3v) is 1.91. The first kappa shape index (κ1) is 11.5. The van der Waals surface area contributed by atoms with Crippen LogP contribution >= 0.6 is 0 Å². The Morgan fingerprint density at radius 1 is 1.13 bits per heavy atom. The summed E-state index contributed by atoms with van der Waals surface area (Å²) in [7, 11) is 0. The molecular formula is C9H7F3O3. The Morgan fingerprint density at radius 2 is 1.60 bits per heavy atom. The first-order valence-electron chi connectivity index (χ1n) is 3.88. The largest absolute Gasteiger partial charge is 0.479 e. The lowest BCUT2D eigenvalue weighted by molar-refractivity contribution is -0.265. The van der Waals surface area contributed by atoms with Gasteiger partial charge in [0, 0.05) is 5.56 Å². The zero-order valence-electron chi connectivity index (χ0n) is 7.32. The van der Waals surface area contributed by atoms with E-state index in [0.29, 0.717) is 0 Å². The Bertz CT molecular complexity index is 361. The fourth-order valence-corrected chi connectivity index (χ4v) is 1.09. The lowest BCUT2D eigenvalue weighted by Crippen LogP contribution is -2.49. The van der Waals surface area contributed by atoms with Crippen molar-refractivity contribution in [3.05, 3.63) is 35.9 Å². The number of carboxylic acid groups (broad SMARTS) is 1. The van der Waals surface area contributed by atoms with Gasteiger partial charge in [0.2, 0.25) is 0 Å². The molecule has 0 aliphatic rings. The molecular weight excluding hydrogens is 213 g/mol. The molecule has 0 bridgehead atoms. The summed E-state index contributed by atoms with van der Waals surface area (Å²) in [6.07, 6.45) is -5.26. The molecule has 1 rings (SSSR count). The van der Waals surface area contributed by atoms with E-state index in [1.165, 1.54) is 18.2 Å². The maximum absolute atomic E-state index is 12.4. The van der Waals surface area contributed by atoms with Crippen LogP contribution in [0.15, 0.2) is 30.3 Å². The maximum Gasteiger partial charge on any atom is 0.432 e. The molecule has 0 aliphatic carbocycles. The van der Waals surface area contributed by atoms with Crippen LogP contribution in [0.25, 0.3) is 0 Å². The number of carbonyl (C=O) groups is 1. The summed E-state index contributed by atoms with van der Waals surface area (Å²) < 4.78 is 37.2. The molecule has 15 heavy (non-hydrogen) atoms. The summed E-state index contributed by atoms with van der Waals surface area (Å²) in [5, 5.41) is 17.6. The quantitative estimate of drug-likeness (QED) is 0.794. The summed E-state index contributed by atoms with van der Waals surface area (Å²) in [4.78, 5) is 10.5. The molecule has 0 fully saturated rings. The molecule has 0 heterocycles. The third-order valence-electron chi connectivity index (χ3n) is 1.91. The number of hydrogen-bond acceptors (Lipinski definition) is 2. The van der Waals surface area contributed by atoms with Crippen LogP contribution in [0, 0.1) is 0 Å². The molecule has 0 aromatic heterocycles. The maximum atomic E-state index is 12.4. The van der Waals surface area contributed by atoms with E-state index in [4.69, 9.17) is 5.11 Å². The van der Waals surface area contributed by atoms with Crippen LogP contribution in [-0.2, 0) is 10.4 Å². The Hall–Kier alpha value is -1.56. The van der Waals surface area contributed by atoms with Crippen molar-refractivity contribution in [1.82, 2.24) is 0 Å². The first-order chi connectivity index (χ1) is 6.80. The predicted octanol–water partition coefficient (Wildman–Crippen LogP) is 1.52. The van der Waals surface area contributed by atoms with Crippen molar-refractivity contribution in [2.24, 2.45) is 0 Å². The molecule has 0 amide bonds. The van der Waals surface area contributed by atoms with Gasteiger partial charge in [-0.1, -0.05) is 30.3 Å². The molecule has 0 saturated heterocycles. The average molecular weight is 220 g/mol. The lowest BCUT2D eigenvalue weighted by Gasteiger charge is -2.26. The summed E-state index contributed by atoms with van der Waals surface area (Å²) in [5.41, 5.74) is -4.57. The van der Waals surface area contributed by atoms with E-state index in [-0.39, 0.29) is 0 Å². The van der Waals surface area contributed by atoms with Crippen LogP contribution < -0.4 is 0 Å². The second kappa shape index (κ2) is 3.54. The van der Waals surface area contributed by atoms with Crippen molar-refractivity contribution in [2.45, 2.75) is 11.8 Å². The van der Waals surface area contributed by atoms with E-state index in [2.05, 4.69) is 0 Å². The number of alkyl halides is 3. The number of rotatable bonds is 2. The molecule has 0 saturated carbocycles. The van der Waals surface area contributed by atoms with Gasteiger partial charge in [-0.15, -0.1) is 0 Å². The van der Waals surface area contributed by atoms with Crippen LogP contribution in [0.3, 0.4) is 0 Å². The van der Waals surface area contributed by atoms with E-state index in [1.807, 2.05) is 0 Å². The normalized spacial score (nSPS) is 15.7. The van der Waals surface area contributed by atoms with Gasteiger partial charge in [-0.25, -0.2) is 4.79 Å². The molecule has 0 radical (unpaired) electrons. The van der Waals surface area contributed by atoms with Crippen molar-refractivity contribution in [3.8, 4) is 0 Å². The number of halogens is 3. The molecule has 3 nitrogen and oxygen atoms in total. The molecule has 82 valence electrons. The van der Waals surface area contributed by atoms with E-state index in [0.717, 1.165) is 12.1 Å². The van der Waals surface area contributed by atoms with Crippen LogP contribution in [0.5, 0.6) is 0 Å². The molecule has 1 unspecified atom stereocenters. The van der Waals surface area contributed by atoms with E-state index in [1.54, 1.807) is 0 Å². The topological polar surface area (TPSA) is 57.5 Å². The molecule has 6 heteroatoms. The molecule has 1 atom stereocenters. The minimum Gasteiger partial charge on any atom is -0.479 e. The molecule has 1 aromatic rings. The summed E-state index contributed by atoms with van der Waals surface area (Å²) in [6, 6.07) is 5.66. The van der Waals surface area contributed by atoms with Gasteiger partial charge in [0.1, 0.15) is 0 Å². The smallest absolute Gasteiger partial charge is 0.432 e. The molecule has 1 aromatic carbocycles. The summed E-state index contributed by atoms with van der Waals surface area (Å²) in [6.45, 7) is 0. The highest BCUT2D eigenvalue weighted by Gasteiger charge is 2.61. The van der Waals surface area contributed by atoms with Gasteiger partial charge >= 0.3 is 12.1 Å². The van der Waals surface area contributed by atoms with Gasteiger partial charge in [0.15, 0.2) is 0 Å². The van der Waals surface area contributed by atoms with Gasteiger partial charge in [-0.3, -0.25) is 0 Å². The third kappa shape index (κ3) is 1.80. The van der Waals surface area contributed by atoms with Crippen molar-refractivity contribution < 1.29 is 28.2 Å². The Morgan fingerprint density at radius 3 is 1.93 bits per heavy atom. The van der Waals surface area contributed by atoms with Crippen LogP contribution in [0.2, 0.25) is 0 Å².